The molecule has 0 spiro atoms. The van der Waals surface area contributed by atoms with E-state index in [1.807, 2.05) is 24.3 Å². The maximum atomic E-state index is 14.5. The Balaban J connectivity index is 1.93. The third-order valence-corrected chi connectivity index (χ3v) is 5.53. The van der Waals surface area contributed by atoms with Crippen LogP contribution >= 0.6 is 0 Å². The molecular formula is C22H24FN3O3S. The average molecular weight is 430 g/mol. The molecule has 158 valence electrons. The Morgan fingerprint density at radius 3 is 2.43 bits per heavy atom. The number of nitrogens with two attached hydrogens (primary N) is 1. The molecule has 1 unspecified atom stereocenters. The van der Waals surface area contributed by atoms with Crippen molar-refractivity contribution in [3.63, 3.8) is 0 Å². The molecule has 3 rings (SSSR count). The minimum absolute atomic E-state index is 0.300. The van der Waals surface area contributed by atoms with Crippen molar-refractivity contribution in [1.29, 1.82) is 0 Å². The molecule has 0 saturated heterocycles. The van der Waals surface area contributed by atoms with E-state index in [1.165, 1.54) is 20.3 Å². The highest BCUT2D eigenvalue weighted by molar-refractivity contribution is 7.92. The lowest BCUT2D eigenvalue weighted by Gasteiger charge is -2.17. The lowest BCUT2D eigenvalue weighted by atomic mass is 10.0. The summed E-state index contributed by atoms with van der Waals surface area (Å²) >= 11 is -1.65. The van der Waals surface area contributed by atoms with Gasteiger partial charge in [0.2, 0.25) is 4.90 Å². The summed E-state index contributed by atoms with van der Waals surface area (Å²) in [4.78, 5) is 0.389. The fraction of sp³-hybridized carbons (Fsp3) is 0.182. The van der Waals surface area contributed by atoms with Gasteiger partial charge in [0.1, 0.15) is 22.9 Å². The predicted molar refractivity (Wildman–Crippen MR) is 119 cm³/mol. The van der Waals surface area contributed by atoms with Crippen molar-refractivity contribution in [3.8, 4) is 22.6 Å². The van der Waals surface area contributed by atoms with Crippen LogP contribution in [0.4, 0.5) is 15.8 Å². The van der Waals surface area contributed by atoms with E-state index in [9.17, 15) is 8.94 Å². The van der Waals surface area contributed by atoms with E-state index < -0.39 is 17.2 Å². The highest BCUT2D eigenvalue weighted by Gasteiger charge is 2.22. The normalized spacial score (nSPS) is 11.6. The number of ether oxygens (including phenoxy) is 2. The molecule has 3 aromatic carbocycles. The number of anilines is 2. The van der Waals surface area contributed by atoms with Gasteiger partial charge in [-0.2, -0.15) is 0 Å². The molecule has 3 aromatic rings. The topological polar surface area (TPSA) is 91.6 Å². The lowest BCUT2D eigenvalue weighted by Crippen LogP contribution is -2.15. The summed E-state index contributed by atoms with van der Waals surface area (Å²) in [5.74, 6) is 0.392. The first-order valence-corrected chi connectivity index (χ1v) is 10.5. The smallest absolute Gasteiger partial charge is 0.222 e. The van der Waals surface area contributed by atoms with Crippen LogP contribution in [0.15, 0.2) is 65.6 Å². The largest absolute Gasteiger partial charge is 0.588 e. The van der Waals surface area contributed by atoms with Crippen molar-refractivity contribution in [2.45, 2.75) is 4.90 Å². The molecule has 0 aliphatic heterocycles. The van der Waals surface area contributed by atoms with Gasteiger partial charge in [-0.15, -0.1) is 0 Å². The fourth-order valence-corrected chi connectivity index (χ4v) is 4.02. The van der Waals surface area contributed by atoms with Crippen molar-refractivity contribution >= 4 is 22.7 Å². The first-order chi connectivity index (χ1) is 14.6. The Labute approximate surface area is 178 Å². The third kappa shape index (κ3) is 4.96. The molecule has 0 bridgehead atoms. The van der Waals surface area contributed by atoms with Gasteiger partial charge in [-0.1, -0.05) is 18.2 Å². The molecule has 0 radical (unpaired) electrons. The van der Waals surface area contributed by atoms with Gasteiger partial charge in [-0.05, 0) is 42.0 Å². The number of rotatable bonds is 9. The minimum atomic E-state index is -1.65. The maximum Gasteiger partial charge on any atom is 0.222 e. The average Bonchev–Trinajstić information content (AvgIpc) is 2.77. The summed E-state index contributed by atoms with van der Waals surface area (Å²) in [6.45, 7) is 1.14. The summed E-state index contributed by atoms with van der Waals surface area (Å²) in [5, 5.41) is 3.18. The van der Waals surface area contributed by atoms with Crippen molar-refractivity contribution in [2.24, 2.45) is 5.73 Å². The Bertz CT molecular complexity index is 1000. The summed E-state index contributed by atoms with van der Waals surface area (Å²) in [6.07, 6.45) is 0. The van der Waals surface area contributed by atoms with Crippen LogP contribution in [0.2, 0.25) is 0 Å². The molecule has 1 atom stereocenters. The van der Waals surface area contributed by atoms with E-state index in [4.69, 9.17) is 15.2 Å². The molecule has 0 aliphatic rings. The second-order valence-corrected chi connectivity index (χ2v) is 7.53. The molecule has 0 fully saturated rings. The van der Waals surface area contributed by atoms with E-state index >= 15 is 0 Å². The zero-order valence-electron chi connectivity index (χ0n) is 16.8. The number of halogens is 1. The van der Waals surface area contributed by atoms with Crippen molar-refractivity contribution in [2.75, 3.05) is 37.3 Å². The van der Waals surface area contributed by atoms with Crippen LogP contribution in [0, 0.1) is 5.82 Å². The summed E-state index contributed by atoms with van der Waals surface area (Å²) < 4.78 is 41.3. The van der Waals surface area contributed by atoms with E-state index in [0.717, 1.165) is 5.69 Å². The van der Waals surface area contributed by atoms with Crippen LogP contribution in [-0.2, 0) is 11.4 Å². The molecule has 4 N–H and O–H groups in total. The second kappa shape index (κ2) is 10.2. The van der Waals surface area contributed by atoms with Crippen LogP contribution in [0.1, 0.15) is 0 Å². The molecule has 6 nitrogen and oxygen atoms in total. The van der Waals surface area contributed by atoms with Gasteiger partial charge in [-0.3, -0.25) is 0 Å². The van der Waals surface area contributed by atoms with Gasteiger partial charge in [-0.25, -0.2) is 9.11 Å². The molecule has 0 aliphatic carbocycles. The van der Waals surface area contributed by atoms with E-state index in [2.05, 4.69) is 10.0 Å². The molecule has 0 amide bonds. The monoisotopic (exact) mass is 429 g/mol. The SMILES string of the molecule is COc1ccc(-c2c(F)cccc2OC)cc1[S+]([O-])Nc1cccc(NCCN)c1. The van der Waals surface area contributed by atoms with E-state index in [1.54, 1.807) is 30.3 Å². The van der Waals surface area contributed by atoms with Gasteiger partial charge < -0.3 is 25.1 Å². The second-order valence-electron chi connectivity index (χ2n) is 6.35. The molecule has 30 heavy (non-hydrogen) atoms. The molecular weight excluding hydrogens is 405 g/mol. The van der Waals surface area contributed by atoms with Gasteiger partial charge in [0.25, 0.3) is 0 Å². The molecule has 0 aromatic heterocycles. The van der Waals surface area contributed by atoms with E-state index in [-0.39, 0.29) is 0 Å². The number of methoxy groups -OCH3 is 2. The van der Waals surface area contributed by atoms with Gasteiger partial charge in [0.15, 0.2) is 5.75 Å². The van der Waals surface area contributed by atoms with Crippen LogP contribution in [0.3, 0.4) is 0 Å². The zero-order chi connectivity index (χ0) is 21.5. The lowest BCUT2D eigenvalue weighted by molar-refractivity contribution is 0.402. The Kier molecular flexibility index (Phi) is 7.40. The number of benzene rings is 3. The third-order valence-electron chi connectivity index (χ3n) is 4.39. The van der Waals surface area contributed by atoms with Crippen molar-refractivity contribution < 1.29 is 18.4 Å². The zero-order valence-corrected chi connectivity index (χ0v) is 17.6. The quantitative estimate of drug-likeness (QED) is 0.445. The highest BCUT2D eigenvalue weighted by atomic mass is 32.2. The Morgan fingerprint density at radius 2 is 1.70 bits per heavy atom. The van der Waals surface area contributed by atoms with Gasteiger partial charge in [0, 0.05) is 24.8 Å². The number of hydrogen-bond acceptors (Lipinski definition) is 6. The molecule has 0 saturated carbocycles. The molecule has 8 heteroatoms. The van der Waals surface area contributed by atoms with Crippen molar-refractivity contribution in [3.05, 3.63) is 66.5 Å². The first-order valence-electron chi connectivity index (χ1n) is 9.30. The highest BCUT2D eigenvalue weighted by Crippen LogP contribution is 2.37. The van der Waals surface area contributed by atoms with Gasteiger partial charge in [0.05, 0.1) is 25.5 Å². The summed E-state index contributed by atoms with van der Waals surface area (Å²) in [7, 11) is 2.98. The van der Waals surface area contributed by atoms with Crippen LogP contribution in [-0.4, -0.2) is 31.9 Å². The van der Waals surface area contributed by atoms with Gasteiger partial charge >= 0.3 is 0 Å². The fourth-order valence-electron chi connectivity index (χ4n) is 3.00. The van der Waals surface area contributed by atoms with E-state index in [0.29, 0.717) is 46.3 Å². The first kappa shape index (κ1) is 21.8. The minimum Gasteiger partial charge on any atom is -0.588 e. The van der Waals surface area contributed by atoms with Crippen LogP contribution in [0.5, 0.6) is 11.5 Å². The molecule has 0 heterocycles. The maximum absolute atomic E-state index is 14.5. The van der Waals surface area contributed by atoms with Crippen LogP contribution < -0.4 is 25.2 Å². The number of hydrogen-bond donors (Lipinski definition) is 3. The number of nitrogens with one attached hydrogen (secondary N) is 2. The summed E-state index contributed by atoms with van der Waals surface area (Å²) in [5.41, 5.74) is 7.88. The Morgan fingerprint density at radius 1 is 0.967 bits per heavy atom. The Hall–Kier alpha value is -2.94. The van der Waals surface area contributed by atoms with Crippen LogP contribution in [0.25, 0.3) is 11.1 Å². The standard InChI is InChI=1S/C22H24FN3O3S/c1-28-19-10-9-15(22-18(23)7-4-8-20(22)29-2)13-21(19)30(27)26-17-6-3-5-16(14-17)25-12-11-24/h3-10,13-14,25-26H,11-12,24H2,1-2H3. The predicted octanol–water partition coefficient (Wildman–Crippen LogP) is 4.02. The van der Waals surface area contributed by atoms with Crippen molar-refractivity contribution in [1.82, 2.24) is 0 Å². The summed E-state index contributed by atoms with van der Waals surface area (Å²) in [6, 6.07) is 17.0.